The Morgan fingerprint density at radius 2 is 1.95 bits per heavy atom. The highest BCUT2D eigenvalue weighted by Gasteiger charge is 2.45. The number of amides is 2. The molecule has 1 fully saturated rings. The van der Waals surface area contributed by atoms with Crippen LogP contribution >= 0.6 is 11.8 Å². The molecule has 118 valence electrons. The molecular formula is C15H18N2O4S. The van der Waals surface area contributed by atoms with Crippen LogP contribution in [0.2, 0.25) is 0 Å². The number of imide groups is 1. The van der Waals surface area contributed by atoms with Crippen LogP contribution in [0.3, 0.4) is 0 Å². The molecule has 1 aliphatic rings. The SMILES string of the molecule is CC(C)(S[C@@H]1CC(=O)N(c2ccccc2)C1=O)[C@@H](N)C(=O)O. The fourth-order valence-corrected chi connectivity index (χ4v) is 3.69. The van der Waals surface area contributed by atoms with E-state index in [0.717, 1.165) is 16.7 Å². The maximum absolute atomic E-state index is 12.5. The monoisotopic (exact) mass is 322 g/mol. The summed E-state index contributed by atoms with van der Waals surface area (Å²) in [6.07, 6.45) is 0.0498. The quantitative estimate of drug-likeness (QED) is 0.791. The Morgan fingerprint density at radius 3 is 2.50 bits per heavy atom. The number of carboxylic acids is 1. The van der Waals surface area contributed by atoms with Gasteiger partial charge in [-0.15, -0.1) is 11.8 Å². The van der Waals surface area contributed by atoms with Crippen LogP contribution < -0.4 is 10.6 Å². The molecule has 1 heterocycles. The fraction of sp³-hybridized carbons (Fsp3) is 0.400. The third-order valence-electron chi connectivity index (χ3n) is 3.58. The number of nitrogens with two attached hydrogens (primary N) is 1. The predicted octanol–water partition coefficient (Wildman–Crippen LogP) is 1.24. The molecule has 1 saturated heterocycles. The second kappa shape index (κ2) is 6.10. The molecule has 22 heavy (non-hydrogen) atoms. The molecule has 0 aromatic heterocycles. The first-order valence-electron chi connectivity index (χ1n) is 6.82. The maximum atomic E-state index is 12.5. The van der Waals surface area contributed by atoms with E-state index >= 15 is 0 Å². The second-order valence-electron chi connectivity index (χ2n) is 5.63. The molecule has 6 nitrogen and oxygen atoms in total. The zero-order valence-corrected chi connectivity index (χ0v) is 13.2. The van der Waals surface area contributed by atoms with Gasteiger partial charge in [0.05, 0.1) is 10.9 Å². The summed E-state index contributed by atoms with van der Waals surface area (Å²) in [5, 5.41) is 8.42. The lowest BCUT2D eigenvalue weighted by atomic mass is 10.1. The lowest BCUT2D eigenvalue weighted by Crippen LogP contribution is -2.48. The molecule has 0 bridgehead atoms. The molecule has 0 unspecified atom stereocenters. The highest BCUT2D eigenvalue weighted by molar-refractivity contribution is 8.02. The van der Waals surface area contributed by atoms with Crippen LogP contribution in [0.4, 0.5) is 5.69 Å². The van der Waals surface area contributed by atoms with E-state index in [4.69, 9.17) is 10.8 Å². The van der Waals surface area contributed by atoms with Crippen molar-refractivity contribution in [3.05, 3.63) is 30.3 Å². The predicted molar refractivity (Wildman–Crippen MR) is 84.6 cm³/mol. The van der Waals surface area contributed by atoms with E-state index in [2.05, 4.69) is 0 Å². The average molecular weight is 322 g/mol. The first-order chi connectivity index (χ1) is 10.2. The van der Waals surface area contributed by atoms with Gasteiger partial charge in [0, 0.05) is 11.2 Å². The average Bonchev–Trinajstić information content (AvgIpc) is 2.72. The van der Waals surface area contributed by atoms with Gasteiger partial charge in [-0.3, -0.25) is 14.4 Å². The molecule has 1 aromatic rings. The molecule has 2 amide bonds. The van der Waals surface area contributed by atoms with E-state index in [1.807, 2.05) is 0 Å². The van der Waals surface area contributed by atoms with Crippen molar-refractivity contribution in [1.29, 1.82) is 0 Å². The number of rotatable bonds is 5. The van der Waals surface area contributed by atoms with Gasteiger partial charge in [-0.05, 0) is 26.0 Å². The molecule has 0 radical (unpaired) electrons. The summed E-state index contributed by atoms with van der Waals surface area (Å²) in [7, 11) is 0. The Balaban J connectivity index is 2.17. The summed E-state index contributed by atoms with van der Waals surface area (Å²) in [4.78, 5) is 36.8. The van der Waals surface area contributed by atoms with E-state index in [9.17, 15) is 14.4 Å². The number of thioether (sulfide) groups is 1. The largest absolute Gasteiger partial charge is 0.480 e. The summed E-state index contributed by atoms with van der Waals surface area (Å²) in [5.41, 5.74) is 6.20. The summed E-state index contributed by atoms with van der Waals surface area (Å²) < 4.78 is -0.862. The number of para-hydroxylation sites is 1. The highest BCUT2D eigenvalue weighted by Crippen LogP contribution is 2.38. The molecule has 1 aliphatic heterocycles. The van der Waals surface area contributed by atoms with E-state index in [1.54, 1.807) is 44.2 Å². The molecule has 2 atom stereocenters. The van der Waals surface area contributed by atoms with Crippen molar-refractivity contribution in [2.45, 2.75) is 36.3 Å². The zero-order valence-electron chi connectivity index (χ0n) is 12.4. The minimum atomic E-state index is -1.13. The number of hydrogen-bond donors (Lipinski definition) is 2. The molecule has 0 saturated carbocycles. The smallest absolute Gasteiger partial charge is 0.321 e. The number of aliphatic carboxylic acids is 1. The van der Waals surface area contributed by atoms with Crippen molar-refractivity contribution in [1.82, 2.24) is 0 Å². The minimum absolute atomic E-state index is 0.0498. The van der Waals surface area contributed by atoms with Gasteiger partial charge in [0.25, 0.3) is 0 Å². The molecule has 0 aliphatic carbocycles. The number of benzene rings is 1. The van der Waals surface area contributed by atoms with Crippen molar-refractivity contribution in [2.24, 2.45) is 5.73 Å². The van der Waals surface area contributed by atoms with Crippen molar-refractivity contribution >= 4 is 35.2 Å². The van der Waals surface area contributed by atoms with Gasteiger partial charge in [-0.1, -0.05) is 18.2 Å². The number of anilines is 1. The van der Waals surface area contributed by atoms with Crippen LogP contribution in [0, 0.1) is 0 Å². The van der Waals surface area contributed by atoms with Crippen molar-refractivity contribution in [3.8, 4) is 0 Å². The molecule has 7 heteroatoms. The normalized spacial score (nSPS) is 20.3. The minimum Gasteiger partial charge on any atom is -0.480 e. The number of carboxylic acid groups (broad SMARTS) is 1. The Kier molecular flexibility index (Phi) is 4.58. The van der Waals surface area contributed by atoms with E-state index in [0.29, 0.717) is 5.69 Å². The van der Waals surface area contributed by atoms with Crippen molar-refractivity contribution < 1.29 is 19.5 Å². The third kappa shape index (κ3) is 3.15. The highest BCUT2D eigenvalue weighted by atomic mass is 32.2. The van der Waals surface area contributed by atoms with E-state index in [1.165, 1.54) is 0 Å². The van der Waals surface area contributed by atoms with Gasteiger partial charge in [-0.25, -0.2) is 4.90 Å². The molecule has 1 aromatic carbocycles. The number of hydrogen-bond acceptors (Lipinski definition) is 5. The Hall–Kier alpha value is -1.86. The van der Waals surface area contributed by atoms with Crippen LogP contribution in [-0.2, 0) is 14.4 Å². The third-order valence-corrected chi connectivity index (χ3v) is 5.09. The second-order valence-corrected chi connectivity index (χ2v) is 7.49. The van der Waals surface area contributed by atoms with Crippen LogP contribution in [0.15, 0.2) is 30.3 Å². The number of carbonyl (C=O) groups excluding carboxylic acids is 2. The summed E-state index contributed by atoms with van der Waals surface area (Å²) in [6.45, 7) is 3.33. The standard InChI is InChI=1S/C15H18N2O4S/c1-15(2,12(16)14(20)21)22-10-8-11(18)17(13(10)19)9-6-4-3-5-7-9/h3-7,10,12H,8,16H2,1-2H3,(H,20,21)/t10-,12+/m1/s1. The maximum Gasteiger partial charge on any atom is 0.321 e. The van der Waals surface area contributed by atoms with Gasteiger partial charge in [0.1, 0.15) is 6.04 Å². The number of nitrogens with zero attached hydrogens (tertiary/aromatic N) is 1. The van der Waals surface area contributed by atoms with Crippen LogP contribution in [0.1, 0.15) is 20.3 Å². The summed E-state index contributed by atoms with van der Waals surface area (Å²) in [6, 6.07) is 7.57. The number of carbonyl (C=O) groups is 3. The van der Waals surface area contributed by atoms with E-state index < -0.39 is 22.0 Å². The van der Waals surface area contributed by atoms with Crippen LogP contribution in [-0.4, -0.2) is 38.9 Å². The molecule has 3 N–H and O–H groups in total. The first-order valence-corrected chi connectivity index (χ1v) is 7.70. The lowest BCUT2D eigenvalue weighted by Gasteiger charge is -2.30. The van der Waals surface area contributed by atoms with Gasteiger partial charge in [0.15, 0.2) is 0 Å². The van der Waals surface area contributed by atoms with Crippen molar-refractivity contribution in [2.75, 3.05) is 4.90 Å². The van der Waals surface area contributed by atoms with Crippen LogP contribution in [0.25, 0.3) is 0 Å². The van der Waals surface area contributed by atoms with E-state index in [-0.39, 0.29) is 18.2 Å². The zero-order chi connectivity index (χ0) is 16.5. The topological polar surface area (TPSA) is 101 Å². The van der Waals surface area contributed by atoms with Crippen LogP contribution in [0.5, 0.6) is 0 Å². The summed E-state index contributed by atoms with van der Waals surface area (Å²) in [5.74, 6) is -1.74. The molecular weight excluding hydrogens is 304 g/mol. The fourth-order valence-electron chi connectivity index (χ4n) is 2.28. The van der Waals surface area contributed by atoms with Gasteiger partial charge < -0.3 is 10.8 Å². The van der Waals surface area contributed by atoms with Gasteiger partial charge in [-0.2, -0.15) is 0 Å². The van der Waals surface area contributed by atoms with Gasteiger partial charge in [0.2, 0.25) is 11.8 Å². The Bertz CT molecular complexity index is 603. The Labute approximate surface area is 132 Å². The first kappa shape index (κ1) is 16.5. The van der Waals surface area contributed by atoms with Gasteiger partial charge >= 0.3 is 5.97 Å². The molecule has 2 rings (SSSR count). The Morgan fingerprint density at radius 1 is 1.36 bits per heavy atom. The van der Waals surface area contributed by atoms with Crippen molar-refractivity contribution in [3.63, 3.8) is 0 Å². The molecule has 0 spiro atoms. The lowest BCUT2D eigenvalue weighted by molar-refractivity contribution is -0.139. The summed E-state index contributed by atoms with van der Waals surface area (Å²) >= 11 is 1.14.